The average Bonchev–Trinajstić information content (AvgIpc) is 2.47. The van der Waals surface area contributed by atoms with Gasteiger partial charge < -0.3 is 18.9 Å². The van der Waals surface area contributed by atoms with Crippen LogP contribution < -0.4 is 0 Å². The molecule has 0 heterocycles. The number of hydrogen-bond donors (Lipinski definition) is 0. The Morgan fingerprint density at radius 1 is 0.727 bits per heavy atom. The monoisotopic (exact) mass is 310 g/mol. The molecule has 0 fully saturated rings. The van der Waals surface area contributed by atoms with Gasteiger partial charge in [-0.2, -0.15) is 0 Å². The summed E-state index contributed by atoms with van der Waals surface area (Å²) in [5.74, 6) is 0. The van der Waals surface area contributed by atoms with Gasteiger partial charge in [-0.3, -0.25) is 0 Å². The quantitative estimate of drug-likeness (QED) is 0.480. The summed E-state index contributed by atoms with van der Waals surface area (Å²) in [4.78, 5) is 0. The van der Waals surface area contributed by atoms with Crippen molar-refractivity contribution in [1.29, 1.82) is 0 Å². The van der Waals surface area contributed by atoms with Gasteiger partial charge in [0.05, 0.1) is 11.2 Å². The van der Waals surface area contributed by atoms with E-state index in [0.29, 0.717) is 13.2 Å². The van der Waals surface area contributed by atoms with E-state index < -0.39 is 11.2 Å². The fourth-order valence-corrected chi connectivity index (χ4v) is 2.23. The first-order valence-electron chi connectivity index (χ1n) is 7.88. The van der Waals surface area contributed by atoms with Crippen LogP contribution in [-0.4, -0.2) is 26.8 Å². The number of benzene rings is 1. The Morgan fingerprint density at radius 3 is 1.41 bits per heavy atom. The van der Waals surface area contributed by atoms with Crippen LogP contribution in [0.25, 0.3) is 0 Å². The van der Waals surface area contributed by atoms with E-state index in [2.05, 4.69) is 12.1 Å². The van der Waals surface area contributed by atoms with Gasteiger partial charge in [-0.1, -0.05) is 24.3 Å². The Hall–Kier alpha value is -0.940. The van der Waals surface area contributed by atoms with Gasteiger partial charge in [0.1, 0.15) is 13.6 Å². The molecule has 1 aromatic rings. The van der Waals surface area contributed by atoms with E-state index in [4.69, 9.17) is 18.9 Å². The van der Waals surface area contributed by atoms with Gasteiger partial charge >= 0.3 is 0 Å². The molecule has 4 heteroatoms. The summed E-state index contributed by atoms with van der Waals surface area (Å²) in [7, 11) is 0. The molecular weight excluding hydrogens is 280 g/mol. The van der Waals surface area contributed by atoms with Gasteiger partial charge in [0.2, 0.25) is 0 Å². The van der Waals surface area contributed by atoms with Crippen molar-refractivity contribution in [2.24, 2.45) is 0 Å². The third kappa shape index (κ3) is 5.36. The molecule has 126 valence electrons. The lowest BCUT2D eigenvalue weighted by Gasteiger charge is -2.34. The molecule has 0 spiro atoms. The maximum absolute atomic E-state index is 5.91. The van der Waals surface area contributed by atoms with Crippen LogP contribution >= 0.6 is 0 Å². The van der Waals surface area contributed by atoms with E-state index in [0.717, 1.165) is 11.1 Å². The average molecular weight is 310 g/mol. The zero-order valence-corrected chi connectivity index (χ0v) is 14.8. The molecule has 0 aromatic heterocycles. The van der Waals surface area contributed by atoms with Crippen LogP contribution in [0.3, 0.4) is 0 Å². The predicted molar refractivity (Wildman–Crippen MR) is 87.7 cm³/mol. The molecule has 0 N–H and O–H groups in total. The minimum absolute atomic E-state index is 0.276. The Labute approximate surface area is 134 Å². The Bertz CT molecular complexity index is 399. The van der Waals surface area contributed by atoms with Crippen molar-refractivity contribution >= 4 is 0 Å². The molecule has 0 saturated carbocycles. The second-order valence-corrected chi connectivity index (χ2v) is 6.08. The van der Waals surface area contributed by atoms with Crippen molar-refractivity contribution in [3.63, 3.8) is 0 Å². The maximum Gasteiger partial charge on any atom is 0.147 e. The Morgan fingerprint density at radius 2 is 1.09 bits per heavy atom. The van der Waals surface area contributed by atoms with Gasteiger partial charge in [-0.15, -0.1) is 0 Å². The van der Waals surface area contributed by atoms with E-state index in [-0.39, 0.29) is 13.6 Å². The summed E-state index contributed by atoms with van der Waals surface area (Å²) in [6.45, 7) is 13.9. The van der Waals surface area contributed by atoms with Gasteiger partial charge in [0.15, 0.2) is 0 Å². The molecular formula is C18H30O4. The van der Waals surface area contributed by atoms with Gasteiger partial charge in [-0.25, -0.2) is 0 Å². The summed E-state index contributed by atoms with van der Waals surface area (Å²) in [6, 6.07) is 8.19. The molecule has 4 nitrogen and oxygen atoms in total. The molecule has 0 aliphatic rings. The van der Waals surface area contributed by atoms with Crippen molar-refractivity contribution in [2.45, 2.75) is 52.7 Å². The molecule has 0 saturated heterocycles. The maximum atomic E-state index is 5.91. The molecule has 22 heavy (non-hydrogen) atoms. The predicted octanol–water partition coefficient (Wildman–Crippen LogP) is 4.18. The highest BCUT2D eigenvalue weighted by molar-refractivity contribution is 5.35. The standard InChI is InChI=1S/C18H30O4/c1-7-19-13-21-17(3,4)15-11-9-10-12-16(15)18(5,6)22-14-20-8-2/h9-12H,7-8,13-14H2,1-6H3. The third-order valence-electron chi connectivity index (χ3n) is 3.64. The van der Waals surface area contributed by atoms with Crippen LogP contribution in [0, 0.1) is 0 Å². The smallest absolute Gasteiger partial charge is 0.147 e. The summed E-state index contributed by atoms with van der Waals surface area (Å²) in [5.41, 5.74) is 1.27. The lowest BCUT2D eigenvalue weighted by molar-refractivity contribution is -0.140. The SMILES string of the molecule is CCOCOC(C)(C)c1ccccc1C(C)(C)OCOCC. The van der Waals surface area contributed by atoms with E-state index in [1.165, 1.54) is 0 Å². The lowest BCUT2D eigenvalue weighted by Crippen LogP contribution is -2.31. The van der Waals surface area contributed by atoms with Crippen LogP contribution in [0.2, 0.25) is 0 Å². The highest BCUT2D eigenvalue weighted by atomic mass is 16.7. The normalized spacial score (nSPS) is 12.6. The summed E-state index contributed by atoms with van der Waals surface area (Å²) in [5, 5.41) is 0. The van der Waals surface area contributed by atoms with Gasteiger partial charge in [0.25, 0.3) is 0 Å². The van der Waals surface area contributed by atoms with Crippen LogP contribution in [0.15, 0.2) is 24.3 Å². The second-order valence-electron chi connectivity index (χ2n) is 6.08. The molecule has 0 radical (unpaired) electrons. The molecule has 0 aliphatic carbocycles. The van der Waals surface area contributed by atoms with Crippen LogP contribution in [0.1, 0.15) is 52.7 Å². The fourth-order valence-electron chi connectivity index (χ4n) is 2.23. The first kappa shape index (κ1) is 19.1. The highest BCUT2D eigenvalue weighted by Gasteiger charge is 2.31. The van der Waals surface area contributed by atoms with E-state index in [1.54, 1.807) is 0 Å². The molecule has 1 rings (SSSR count). The zero-order valence-electron chi connectivity index (χ0n) is 14.8. The lowest BCUT2D eigenvalue weighted by atomic mass is 9.85. The van der Waals surface area contributed by atoms with Crippen molar-refractivity contribution in [2.75, 3.05) is 26.8 Å². The van der Waals surface area contributed by atoms with E-state index in [9.17, 15) is 0 Å². The molecule has 0 aliphatic heterocycles. The first-order valence-corrected chi connectivity index (χ1v) is 7.88. The number of ether oxygens (including phenoxy) is 4. The molecule has 0 unspecified atom stereocenters. The summed E-state index contributed by atoms with van der Waals surface area (Å²) < 4.78 is 22.5. The van der Waals surface area contributed by atoms with E-state index in [1.807, 2.05) is 53.7 Å². The van der Waals surface area contributed by atoms with Gasteiger partial charge in [0, 0.05) is 13.2 Å². The molecule has 0 bridgehead atoms. The van der Waals surface area contributed by atoms with Gasteiger partial charge in [-0.05, 0) is 52.7 Å². The topological polar surface area (TPSA) is 36.9 Å². The molecule has 1 aromatic carbocycles. The van der Waals surface area contributed by atoms with Crippen molar-refractivity contribution < 1.29 is 18.9 Å². The number of rotatable bonds is 10. The fraction of sp³-hybridized carbons (Fsp3) is 0.667. The Balaban J connectivity index is 2.97. The first-order chi connectivity index (χ1) is 10.3. The Kier molecular flexibility index (Phi) is 7.49. The molecule has 0 atom stereocenters. The second kappa shape index (κ2) is 8.63. The van der Waals surface area contributed by atoms with Crippen molar-refractivity contribution in [1.82, 2.24) is 0 Å². The zero-order chi connectivity index (χ0) is 16.6. The van der Waals surface area contributed by atoms with Crippen LogP contribution in [0.4, 0.5) is 0 Å². The minimum Gasteiger partial charge on any atom is -0.356 e. The van der Waals surface area contributed by atoms with E-state index >= 15 is 0 Å². The van der Waals surface area contributed by atoms with Crippen molar-refractivity contribution in [3.8, 4) is 0 Å². The van der Waals surface area contributed by atoms with Crippen LogP contribution in [-0.2, 0) is 30.1 Å². The van der Waals surface area contributed by atoms with Crippen LogP contribution in [0.5, 0.6) is 0 Å². The molecule has 0 amide bonds. The summed E-state index contributed by atoms with van der Waals surface area (Å²) >= 11 is 0. The van der Waals surface area contributed by atoms with Crippen molar-refractivity contribution in [3.05, 3.63) is 35.4 Å². The largest absolute Gasteiger partial charge is 0.356 e. The highest BCUT2D eigenvalue weighted by Crippen LogP contribution is 2.35. The number of hydrogen-bond acceptors (Lipinski definition) is 4. The summed E-state index contributed by atoms with van der Waals surface area (Å²) in [6.07, 6.45) is 0. The minimum atomic E-state index is -0.460. The third-order valence-corrected chi connectivity index (χ3v) is 3.64.